The lowest BCUT2D eigenvalue weighted by molar-refractivity contribution is 0.561. The maximum absolute atomic E-state index is 12.3. The summed E-state index contributed by atoms with van der Waals surface area (Å²) in [6.45, 7) is 2.30. The molecular weight excluding hydrogens is 352 g/mol. The third-order valence-corrected chi connectivity index (χ3v) is 4.66. The number of aryl methyl sites for hydroxylation is 1. The van der Waals surface area contributed by atoms with Gasteiger partial charge in [0.15, 0.2) is 0 Å². The highest BCUT2D eigenvalue weighted by Crippen LogP contribution is 2.25. The van der Waals surface area contributed by atoms with E-state index >= 15 is 0 Å². The number of H-pyrrole nitrogens is 1. The van der Waals surface area contributed by atoms with Crippen LogP contribution in [-0.4, -0.2) is 4.98 Å². The third-order valence-electron chi connectivity index (χ3n) is 4.42. The number of halogens is 1. The Bertz CT molecular complexity index is 1260. The number of rotatable bonds is 3. The van der Waals surface area contributed by atoms with Crippen molar-refractivity contribution in [1.82, 2.24) is 4.98 Å². The minimum Gasteiger partial charge on any atom is -0.423 e. The Balaban J connectivity index is 1.68. The van der Waals surface area contributed by atoms with E-state index in [2.05, 4.69) is 10.3 Å². The first-order valence-electron chi connectivity index (χ1n) is 8.10. The second kappa shape index (κ2) is 6.35. The summed E-state index contributed by atoms with van der Waals surface area (Å²) in [4.78, 5) is 26.5. The molecule has 2 aromatic carbocycles. The number of hydrogen-bond donors (Lipinski definition) is 2. The van der Waals surface area contributed by atoms with Gasteiger partial charge >= 0.3 is 5.63 Å². The zero-order valence-corrected chi connectivity index (χ0v) is 14.7. The number of hydrogen-bond acceptors (Lipinski definition) is 4. The summed E-state index contributed by atoms with van der Waals surface area (Å²) in [6, 6.07) is 13.9. The topological polar surface area (TPSA) is 75.1 Å². The van der Waals surface area contributed by atoms with Crippen molar-refractivity contribution in [3.63, 3.8) is 0 Å². The monoisotopic (exact) mass is 366 g/mol. The minimum absolute atomic E-state index is 0.142. The quantitative estimate of drug-likeness (QED) is 0.533. The molecule has 26 heavy (non-hydrogen) atoms. The molecule has 0 radical (unpaired) electrons. The van der Waals surface area contributed by atoms with Crippen molar-refractivity contribution in [2.45, 2.75) is 13.5 Å². The number of anilines is 1. The molecule has 4 rings (SSSR count). The van der Waals surface area contributed by atoms with Gasteiger partial charge in [0.25, 0.3) is 5.56 Å². The molecule has 2 aromatic heterocycles. The SMILES string of the molecule is Cc1c(NCc2cc3cc(Cl)ccc3[nH]c2=O)ccc2oc(=O)ccc12. The molecule has 0 aliphatic heterocycles. The van der Waals surface area contributed by atoms with E-state index in [1.54, 1.807) is 24.3 Å². The van der Waals surface area contributed by atoms with Crippen LogP contribution in [0.25, 0.3) is 21.9 Å². The van der Waals surface area contributed by atoms with Gasteiger partial charge in [0.05, 0.1) is 0 Å². The normalized spacial score (nSPS) is 11.2. The molecule has 0 aliphatic carbocycles. The Morgan fingerprint density at radius 3 is 2.77 bits per heavy atom. The maximum atomic E-state index is 12.3. The van der Waals surface area contributed by atoms with Gasteiger partial charge in [-0.3, -0.25) is 4.79 Å². The number of fused-ring (bicyclic) bond motifs is 2. The zero-order chi connectivity index (χ0) is 18.3. The van der Waals surface area contributed by atoms with Gasteiger partial charge in [0.2, 0.25) is 0 Å². The first-order valence-corrected chi connectivity index (χ1v) is 8.48. The Labute approximate surface area is 153 Å². The van der Waals surface area contributed by atoms with Crippen molar-refractivity contribution >= 4 is 39.2 Å². The maximum Gasteiger partial charge on any atom is 0.336 e. The number of benzene rings is 2. The Morgan fingerprint density at radius 2 is 1.92 bits per heavy atom. The van der Waals surface area contributed by atoms with Crippen LogP contribution in [0.2, 0.25) is 5.02 Å². The Hall–Kier alpha value is -3.05. The molecule has 0 spiro atoms. The number of aromatic amines is 1. The second-order valence-electron chi connectivity index (χ2n) is 6.11. The fourth-order valence-corrected chi connectivity index (χ4v) is 3.21. The summed E-state index contributed by atoms with van der Waals surface area (Å²) < 4.78 is 5.19. The van der Waals surface area contributed by atoms with Crippen molar-refractivity contribution in [1.29, 1.82) is 0 Å². The molecule has 0 saturated carbocycles. The molecule has 6 heteroatoms. The fourth-order valence-electron chi connectivity index (χ4n) is 3.03. The highest BCUT2D eigenvalue weighted by Gasteiger charge is 2.08. The van der Waals surface area contributed by atoms with E-state index in [9.17, 15) is 9.59 Å². The van der Waals surface area contributed by atoms with E-state index in [0.717, 1.165) is 27.5 Å². The van der Waals surface area contributed by atoms with Gasteiger partial charge in [-0.15, -0.1) is 0 Å². The molecule has 5 nitrogen and oxygen atoms in total. The van der Waals surface area contributed by atoms with Crippen LogP contribution < -0.4 is 16.5 Å². The first-order chi connectivity index (χ1) is 12.5. The summed E-state index contributed by atoms with van der Waals surface area (Å²) in [5.41, 5.74) is 3.21. The van der Waals surface area contributed by atoms with Gasteiger partial charge in [0.1, 0.15) is 5.58 Å². The highest BCUT2D eigenvalue weighted by molar-refractivity contribution is 6.31. The summed E-state index contributed by atoms with van der Waals surface area (Å²) in [7, 11) is 0. The van der Waals surface area contributed by atoms with Gasteiger partial charge in [-0.2, -0.15) is 0 Å². The van der Waals surface area contributed by atoms with Gasteiger partial charge < -0.3 is 14.7 Å². The van der Waals surface area contributed by atoms with Crippen LogP contribution in [-0.2, 0) is 6.54 Å². The van der Waals surface area contributed by atoms with Crippen molar-refractivity contribution in [2.24, 2.45) is 0 Å². The van der Waals surface area contributed by atoms with Gasteiger partial charge in [-0.1, -0.05) is 11.6 Å². The van der Waals surface area contributed by atoms with Crippen LogP contribution in [0.3, 0.4) is 0 Å². The Kier molecular flexibility index (Phi) is 4.01. The molecule has 4 aromatic rings. The van der Waals surface area contributed by atoms with Crippen molar-refractivity contribution in [2.75, 3.05) is 5.32 Å². The van der Waals surface area contributed by atoms with Gasteiger partial charge in [-0.05, 0) is 55.0 Å². The Morgan fingerprint density at radius 1 is 1.08 bits per heavy atom. The first kappa shape index (κ1) is 16.4. The van der Waals surface area contributed by atoms with E-state index in [1.807, 2.05) is 25.1 Å². The summed E-state index contributed by atoms with van der Waals surface area (Å²) in [5.74, 6) is 0. The van der Waals surface area contributed by atoms with E-state index < -0.39 is 0 Å². The fraction of sp³-hybridized carbons (Fsp3) is 0.100. The summed E-state index contributed by atoms with van der Waals surface area (Å²) in [6.07, 6.45) is 0. The number of pyridine rings is 1. The molecule has 0 unspecified atom stereocenters. The molecule has 0 aliphatic rings. The molecule has 2 heterocycles. The zero-order valence-electron chi connectivity index (χ0n) is 13.9. The summed E-state index contributed by atoms with van der Waals surface area (Å²) in [5, 5.41) is 5.64. The van der Waals surface area contributed by atoms with E-state index in [1.165, 1.54) is 6.07 Å². The lowest BCUT2D eigenvalue weighted by Crippen LogP contribution is -2.16. The van der Waals surface area contributed by atoms with E-state index in [-0.39, 0.29) is 11.2 Å². The molecule has 0 bridgehead atoms. The van der Waals surface area contributed by atoms with Crippen molar-refractivity contribution in [3.05, 3.63) is 85.5 Å². The number of aromatic nitrogens is 1. The summed E-state index contributed by atoms with van der Waals surface area (Å²) >= 11 is 6.03. The van der Waals surface area contributed by atoms with Crippen molar-refractivity contribution < 1.29 is 4.42 Å². The predicted octanol–water partition coefficient (Wildman–Crippen LogP) is 4.21. The standard InChI is InChI=1S/C20H15ClN2O3/c1-11-15-3-7-19(24)26-18(15)6-5-16(11)22-10-13-8-12-9-14(21)2-4-17(12)23-20(13)25/h2-9,22H,10H2,1H3,(H,23,25). The minimum atomic E-state index is -0.376. The van der Waals surface area contributed by atoms with Crippen LogP contribution in [0.4, 0.5) is 5.69 Å². The third kappa shape index (κ3) is 2.97. The molecule has 130 valence electrons. The van der Waals surface area contributed by atoms with Crippen LogP contribution in [0.15, 0.2) is 62.5 Å². The van der Waals surface area contributed by atoms with E-state index in [4.69, 9.17) is 16.0 Å². The van der Waals surface area contributed by atoms with Gasteiger partial charge in [-0.25, -0.2) is 4.79 Å². The largest absolute Gasteiger partial charge is 0.423 e. The predicted molar refractivity (Wildman–Crippen MR) is 104 cm³/mol. The average Bonchev–Trinajstić information content (AvgIpc) is 2.61. The van der Waals surface area contributed by atoms with Crippen LogP contribution in [0.5, 0.6) is 0 Å². The van der Waals surface area contributed by atoms with Crippen molar-refractivity contribution in [3.8, 4) is 0 Å². The van der Waals surface area contributed by atoms with E-state index in [0.29, 0.717) is 22.7 Å². The van der Waals surface area contributed by atoms with Crippen LogP contribution in [0.1, 0.15) is 11.1 Å². The second-order valence-corrected chi connectivity index (χ2v) is 6.55. The molecule has 0 fully saturated rings. The highest BCUT2D eigenvalue weighted by atomic mass is 35.5. The van der Waals surface area contributed by atoms with Crippen LogP contribution in [0, 0.1) is 6.92 Å². The molecule has 0 saturated heterocycles. The molecule has 0 atom stereocenters. The lowest BCUT2D eigenvalue weighted by atomic mass is 10.1. The number of nitrogens with one attached hydrogen (secondary N) is 2. The lowest BCUT2D eigenvalue weighted by Gasteiger charge is -2.11. The molecule has 0 amide bonds. The molecular formula is C20H15ClN2O3. The van der Waals surface area contributed by atoms with Crippen LogP contribution >= 0.6 is 11.6 Å². The smallest absolute Gasteiger partial charge is 0.336 e. The van der Waals surface area contributed by atoms with Gasteiger partial charge in [0, 0.05) is 45.2 Å². The average molecular weight is 367 g/mol. The molecule has 2 N–H and O–H groups in total.